The van der Waals surface area contributed by atoms with Crippen LogP contribution in [0.4, 0.5) is 17.1 Å². The van der Waals surface area contributed by atoms with Gasteiger partial charge in [-0.2, -0.15) is 0 Å². The largest absolute Gasteiger partial charge is 0.456 e. The van der Waals surface area contributed by atoms with Crippen LogP contribution in [0.25, 0.3) is 77.2 Å². The molecule has 0 atom stereocenters. The molecule has 0 spiro atoms. The van der Waals surface area contributed by atoms with Crippen molar-refractivity contribution in [3.63, 3.8) is 0 Å². The van der Waals surface area contributed by atoms with E-state index in [1.807, 2.05) is 6.07 Å². The number of anilines is 3. The zero-order chi connectivity index (χ0) is 38.1. The Morgan fingerprint density at radius 3 is 1.79 bits per heavy atom. The summed E-state index contributed by atoms with van der Waals surface area (Å²) < 4.78 is 6.44. The van der Waals surface area contributed by atoms with Crippen LogP contribution >= 0.6 is 0 Å². The number of nitrogens with zero attached hydrogens (tertiary/aromatic N) is 1. The van der Waals surface area contributed by atoms with Crippen molar-refractivity contribution >= 4 is 49.8 Å². The van der Waals surface area contributed by atoms with Gasteiger partial charge in [0, 0.05) is 38.8 Å². The fraction of sp³-hybridized carbons (Fsp3) is 0.0545. The number of fused-ring (bicyclic) bond motifs is 7. The number of rotatable bonds is 6. The van der Waals surface area contributed by atoms with E-state index in [4.69, 9.17) is 4.42 Å². The van der Waals surface area contributed by atoms with E-state index in [0.29, 0.717) is 0 Å². The smallest absolute Gasteiger partial charge is 0.136 e. The highest BCUT2D eigenvalue weighted by Gasteiger charge is 2.35. The van der Waals surface area contributed by atoms with Crippen molar-refractivity contribution in [1.29, 1.82) is 0 Å². The summed E-state index contributed by atoms with van der Waals surface area (Å²) in [6, 6.07) is 72.7. The molecule has 0 saturated heterocycles. The number of hydrogen-bond donors (Lipinski definition) is 0. The van der Waals surface area contributed by atoms with Crippen molar-refractivity contribution in [2.45, 2.75) is 19.3 Å². The molecule has 0 bridgehead atoms. The van der Waals surface area contributed by atoms with Crippen molar-refractivity contribution in [3.05, 3.63) is 211 Å². The Balaban J connectivity index is 1.07. The van der Waals surface area contributed by atoms with Crippen LogP contribution in [-0.2, 0) is 5.41 Å². The van der Waals surface area contributed by atoms with Gasteiger partial charge >= 0.3 is 0 Å². The minimum absolute atomic E-state index is 0.107. The lowest BCUT2D eigenvalue weighted by Gasteiger charge is -2.28. The van der Waals surface area contributed by atoms with Crippen LogP contribution in [0.15, 0.2) is 205 Å². The Morgan fingerprint density at radius 2 is 0.982 bits per heavy atom. The quantitative estimate of drug-likeness (QED) is 0.169. The standard InChI is InChI=1S/C55H39NO/c1-55(2)49-18-10-8-16-46(49)47-31-30-44(35-50(47)55)56(42-26-22-38(23-27-42)36-12-4-3-5-13-36)43-28-24-39(25-29-43)45-32-33-52-54(48-17-9-11-19-51(48)57-52)53(45)41-21-20-37-14-6-7-15-40(37)34-41/h3-35H,1-2H3. The molecule has 0 unspecified atom stereocenters. The van der Waals surface area contributed by atoms with Gasteiger partial charge in [-0.1, -0.05) is 159 Å². The van der Waals surface area contributed by atoms with Gasteiger partial charge in [0.15, 0.2) is 0 Å². The molecule has 0 saturated carbocycles. The van der Waals surface area contributed by atoms with Crippen molar-refractivity contribution in [2.24, 2.45) is 0 Å². The van der Waals surface area contributed by atoms with Gasteiger partial charge in [-0.3, -0.25) is 0 Å². The summed E-state index contributed by atoms with van der Waals surface area (Å²) in [6.07, 6.45) is 0. The Morgan fingerprint density at radius 1 is 0.386 bits per heavy atom. The summed E-state index contributed by atoms with van der Waals surface area (Å²) in [4.78, 5) is 2.40. The summed E-state index contributed by atoms with van der Waals surface area (Å²) >= 11 is 0. The van der Waals surface area contributed by atoms with Crippen LogP contribution in [0, 0.1) is 0 Å². The summed E-state index contributed by atoms with van der Waals surface area (Å²) in [6.45, 7) is 4.70. The van der Waals surface area contributed by atoms with Crippen LogP contribution in [0.5, 0.6) is 0 Å². The van der Waals surface area contributed by atoms with Crippen LogP contribution in [0.2, 0.25) is 0 Å². The molecule has 9 aromatic carbocycles. The van der Waals surface area contributed by atoms with Crippen molar-refractivity contribution in [1.82, 2.24) is 0 Å². The van der Waals surface area contributed by atoms with Crippen LogP contribution in [0.3, 0.4) is 0 Å². The Hall–Kier alpha value is -7.16. The van der Waals surface area contributed by atoms with Gasteiger partial charge in [0.2, 0.25) is 0 Å². The normalized spacial score (nSPS) is 12.9. The Labute approximate surface area is 332 Å². The summed E-state index contributed by atoms with van der Waals surface area (Å²) in [5, 5.41) is 4.72. The number of furan rings is 1. The van der Waals surface area contributed by atoms with E-state index in [2.05, 4.69) is 213 Å². The molecule has 0 aliphatic heterocycles. The predicted molar refractivity (Wildman–Crippen MR) is 240 cm³/mol. The number of benzene rings is 9. The topological polar surface area (TPSA) is 16.4 Å². The van der Waals surface area contributed by atoms with Crippen molar-refractivity contribution in [2.75, 3.05) is 4.90 Å². The molecule has 2 nitrogen and oxygen atoms in total. The fourth-order valence-corrected chi connectivity index (χ4v) is 9.20. The molecule has 10 aromatic rings. The molecule has 1 aromatic heterocycles. The van der Waals surface area contributed by atoms with Crippen molar-refractivity contribution in [3.8, 4) is 44.5 Å². The molecule has 0 amide bonds. The molecule has 0 radical (unpaired) electrons. The van der Waals surface area contributed by atoms with E-state index in [1.165, 1.54) is 60.8 Å². The second-order valence-electron chi connectivity index (χ2n) is 15.7. The van der Waals surface area contributed by atoms with E-state index in [9.17, 15) is 0 Å². The maximum atomic E-state index is 6.44. The third-order valence-corrected chi connectivity index (χ3v) is 12.1. The second kappa shape index (κ2) is 13.0. The minimum Gasteiger partial charge on any atom is -0.456 e. The monoisotopic (exact) mass is 729 g/mol. The molecule has 270 valence electrons. The molecule has 1 aliphatic carbocycles. The third kappa shape index (κ3) is 5.40. The Kier molecular flexibility index (Phi) is 7.55. The zero-order valence-electron chi connectivity index (χ0n) is 31.9. The molecular formula is C55H39NO. The number of hydrogen-bond acceptors (Lipinski definition) is 2. The lowest BCUT2D eigenvalue weighted by molar-refractivity contribution is 0.660. The van der Waals surface area contributed by atoms with Gasteiger partial charge in [-0.05, 0) is 115 Å². The highest BCUT2D eigenvalue weighted by molar-refractivity contribution is 6.16. The van der Waals surface area contributed by atoms with E-state index >= 15 is 0 Å². The molecule has 0 fully saturated rings. The lowest BCUT2D eigenvalue weighted by atomic mass is 9.82. The molecule has 1 heterocycles. The van der Waals surface area contributed by atoms with E-state index in [-0.39, 0.29) is 5.41 Å². The minimum atomic E-state index is -0.107. The van der Waals surface area contributed by atoms with Crippen molar-refractivity contribution < 1.29 is 4.42 Å². The van der Waals surface area contributed by atoms with Crippen LogP contribution in [-0.4, -0.2) is 0 Å². The fourth-order valence-electron chi connectivity index (χ4n) is 9.20. The molecular weight excluding hydrogens is 691 g/mol. The number of para-hydroxylation sites is 1. The van der Waals surface area contributed by atoms with Gasteiger partial charge in [0.1, 0.15) is 11.2 Å². The molecule has 2 heteroatoms. The highest BCUT2D eigenvalue weighted by atomic mass is 16.3. The van der Waals surface area contributed by atoms with E-state index < -0.39 is 0 Å². The second-order valence-corrected chi connectivity index (χ2v) is 15.7. The van der Waals surface area contributed by atoms with Gasteiger partial charge in [0.05, 0.1) is 0 Å². The molecule has 57 heavy (non-hydrogen) atoms. The summed E-state index contributed by atoms with van der Waals surface area (Å²) in [5.74, 6) is 0. The first-order valence-electron chi connectivity index (χ1n) is 19.8. The van der Waals surface area contributed by atoms with Gasteiger partial charge in [0.25, 0.3) is 0 Å². The SMILES string of the molecule is CC1(C)c2ccccc2-c2ccc(N(c3ccc(-c4ccccc4)cc3)c3ccc(-c4ccc5oc6ccccc6c5c4-c4ccc5ccccc5c4)cc3)cc21. The lowest BCUT2D eigenvalue weighted by Crippen LogP contribution is -2.16. The van der Waals surface area contributed by atoms with Crippen LogP contribution < -0.4 is 4.90 Å². The Bertz CT molecular complexity index is 3130. The first-order chi connectivity index (χ1) is 28.0. The zero-order valence-corrected chi connectivity index (χ0v) is 31.9. The average molecular weight is 730 g/mol. The maximum absolute atomic E-state index is 6.44. The first kappa shape index (κ1) is 33.2. The predicted octanol–water partition coefficient (Wildman–Crippen LogP) is 15.5. The summed E-state index contributed by atoms with van der Waals surface area (Å²) in [5.41, 5.74) is 17.5. The average Bonchev–Trinajstić information content (AvgIpc) is 3.76. The van der Waals surface area contributed by atoms with Gasteiger partial charge in [-0.25, -0.2) is 0 Å². The van der Waals surface area contributed by atoms with E-state index in [1.54, 1.807) is 0 Å². The van der Waals surface area contributed by atoms with Gasteiger partial charge in [-0.15, -0.1) is 0 Å². The highest BCUT2D eigenvalue weighted by Crippen LogP contribution is 2.51. The third-order valence-electron chi connectivity index (χ3n) is 12.1. The summed E-state index contributed by atoms with van der Waals surface area (Å²) in [7, 11) is 0. The first-order valence-corrected chi connectivity index (χ1v) is 19.8. The van der Waals surface area contributed by atoms with E-state index in [0.717, 1.165) is 44.6 Å². The maximum Gasteiger partial charge on any atom is 0.136 e. The molecule has 0 N–H and O–H groups in total. The molecule has 11 rings (SSSR count). The van der Waals surface area contributed by atoms with Gasteiger partial charge < -0.3 is 9.32 Å². The van der Waals surface area contributed by atoms with Crippen LogP contribution in [0.1, 0.15) is 25.0 Å². The molecule has 1 aliphatic rings.